The van der Waals surface area contributed by atoms with Gasteiger partial charge in [-0.1, -0.05) is 26.9 Å². The zero-order valence-electron chi connectivity index (χ0n) is 10.9. The fourth-order valence-electron chi connectivity index (χ4n) is 1.28. The summed E-state index contributed by atoms with van der Waals surface area (Å²) < 4.78 is 4.31. The largest absolute Gasteiger partial charge is 1.00 e. The average molecular weight is 326 g/mol. The van der Waals surface area contributed by atoms with Crippen LogP contribution in [0.5, 0.6) is 0 Å². The number of amides is 1. The molecule has 3 nitrogen and oxygen atoms in total. The maximum absolute atomic E-state index is 11.9. The molecule has 0 aliphatic carbocycles. The number of aryl methyl sites for hydroxylation is 1. The van der Waals surface area contributed by atoms with Crippen LogP contribution >= 0.6 is 11.5 Å². The third kappa shape index (κ3) is 5.22. The molecule has 0 spiro atoms. The number of hydrogen-bond acceptors (Lipinski definition) is 5. The van der Waals surface area contributed by atoms with Crippen molar-refractivity contribution < 1.29 is 63.9 Å². The van der Waals surface area contributed by atoms with Crippen LogP contribution in [-0.2, 0) is 25.3 Å². The second-order valence-corrected chi connectivity index (χ2v) is 5.30. The van der Waals surface area contributed by atoms with Crippen molar-refractivity contribution in [3.8, 4) is 0 Å². The molecule has 1 aromatic heterocycles. The van der Waals surface area contributed by atoms with E-state index in [9.17, 15) is 4.79 Å². The minimum atomic E-state index is -0.294. The van der Waals surface area contributed by atoms with Gasteiger partial charge in [0.15, 0.2) is 0 Å². The molecule has 88 valence electrons. The number of benzene rings is 1. The zero-order valence-corrected chi connectivity index (χ0v) is 17.3. The Morgan fingerprint density at radius 1 is 1.21 bits per heavy atom. The molecule has 2 rings (SSSR count). The fourth-order valence-corrected chi connectivity index (χ4v) is 2.56. The number of carbonyl (C=O) groups is 1. The summed E-state index contributed by atoms with van der Waals surface area (Å²) in [4.78, 5) is 11.9. The molecule has 0 atom stereocenters. The van der Waals surface area contributed by atoms with Crippen LogP contribution in [0.1, 0.15) is 15.9 Å². The van der Waals surface area contributed by atoms with E-state index in [4.69, 9.17) is 25.3 Å². The van der Waals surface area contributed by atoms with Crippen molar-refractivity contribution in [3.05, 3.63) is 35.4 Å². The van der Waals surface area contributed by atoms with Crippen LogP contribution in [0.3, 0.4) is 0 Å². The Labute approximate surface area is 171 Å². The van der Waals surface area contributed by atoms with Gasteiger partial charge in [0.25, 0.3) is 5.91 Å². The summed E-state index contributed by atoms with van der Waals surface area (Å²) in [7, 11) is 0. The summed E-state index contributed by atoms with van der Waals surface area (Å²) in [6.45, 7) is 1.98. The first-order valence-corrected chi connectivity index (χ1v) is 6.38. The second-order valence-electron chi connectivity index (χ2n) is 3.47. The van der Waals surface area contributed by atoms with Crippen LogP contribution in [0.25, 0.3) is 0 Å². The van der Waals surface area contributed by atoms with Gasteiger partial charge in [-0.15, -0.1) is 0 Å². The van der Waals surface area contributed by atoms with Gasteiger partial charge in [0.05, 0.1) is 0 Å². The van der Waals surface area contributed by atoms with Gasteiger partial charge in [-0.2, -0.15) is 0 Å². The molecule has 0 radical (unpaired) electrons. The van der Waals surface area contributed by atoms with Crippen LogP contribution < -0.4 is 64.4 Å². The molecular weight excluding hydrogens is 318 g/mol. The summed E-state index contributed by atoms with van der Waals surface area (Å²) in [6.07, 6.45) is 0. The van der Waals surface area contributed by atoms with E-state index in [1.54, 1.807) is 0 Å². The Morgan fingerprint density at radius 2 is 1.79 bits per heavy atom. The molecule has 0 saturated heterocycles. The van der Waals surface area contributed by atoms with Crippen molar-refractivity contribution in [2.24, 2.45) is 0 Å². The molecule has 8 heteroatoms. The van der Waals surface area contributed by atoms with Crippen LogP contribution in [0.4, 0.5) is 5.69 Å². The second kappa shape index (κ2) is 8.92. The SMILES string of the molecule is Cc1ccc(NC(=O)c2c([S-])nsc2[S-])cc1.[Na+].[Na+]. The number of hydrogen-bond donors (Lipinski definition) is 1. The molecule has 1 N–H and O–H groups in total. The van der Waals surface area contributed by atoms with Crippen molar-refractivity contribution >= 4 is 48.4 Å². The number of rotatable bonds is 2. The Bertz CT molecular complexity index is 538. The summed E-state index contributed by atoms with van der Waals surface area (Å²) in [5.74, 6) is -0.294. The third-order valence-corrected chi connectivity index (χ3v) is 3.65. The van der Waals surface area contributed by atoms with E-state index in [0.29, 0.717) is 9.77 Å². The topological polar surface area (TPSA) is 42.0 Å². The van der Waals surface area contributed by atoms with Crippen LogP contribution in [-0.4, -0.2) is 10.3 Å². The van der Waals surface area contributed by atoms with Gasteiger partial charge in [-0.3, -0.25) is 16.3 Å². The van der Waals surface area contributed by atoms with Gasteiger partial charge in [-0.05, 0) is 19.1 Å². The van der Waals surface area contributed by atoms with Gasteiger partial charge in [-0.25, -0.2) is 0 Å². The van der Waals surface area contributed by atoms with Gasteiger partial charge in [0.1, 0.15) is 0 Å². The first-order valence-electron chi connectivity index (χ1n) is 4.79. The van der Waals surface area contributed by atoms with Gasteiger partial charge >= 0.3 is 59.1 Å². The fraction of sp³-hybridized carbons (Fsp3) is 0.0909. The molecule has 1 aromatic carbocycles. The summed E-state index contributed by atoms with van der Waals surface area (Å²) in [5.41, 5.74) is 2.17. The quantitative estimate of drug-likeness (QED) is 0.460. The molecule has 2 aromatic rings. The Hall–Kier alpha value is 0.760. The van der Waals surface area contributed by atoms with E-state index in [0.717, 1.165) is 22.8 Å². The van der Waals surface area contributed by atoms with E-state index >= 15 is 0 Å². The monoisotopic (exact) mass is 326 g/mol. The minimum Gasteiger partial charge on any atom is -0.760 e. The van der Waals surface area contributed by atoms with E-state index in [2.05, 4.69) is 9.69 Å². The molecular formula is C11H8N2Na2OS3. The molecule has 0 unspecified atom stereocenters. The van der Waals surface area contributed by atoms with Crippen molar-refractivity contribution in [1.82, 2.24) is 4.37 Å². The Kier molecular flexibility index (Phi) is 9.27. The minimum absolute atomic E-state index is 0. The number of nitrogens with one attached hydrogen (secondary N) is 1. The number of anilines is 1. The first-order chi connectivity index (χ1) is 8.08. The normalized spacial score (nSPS) is 9.11. The van der Waals surface area contributed by atoms with E-state index < -0.39 is 0 Å². The van der Waals surface area contributed by atoms with Gasteiger partial charge in [0.2, 0.25) is 0 Å². The van der Waals surface area contributed by atoms with Crippen molar-refractivity contribution in [1.29, 1.82) is 0 Å². The Morgan fingerprint density at radius 3 is 2.26 bits per heavy atom. The average Bonchev–Trinajstić information content (AvgIpc) is 2.62. The predicted molar refractivity (Wildman–Crippen MR) is 72.5 cm³/mol. The van der Waals surface area contributed by atoms with E-state index in [1.165, 1.54) is 0 Å². The molecule has 0 saturated carbocycles. The van der Waals surface area contributed by atoms with Crippen LogP contribution in [0.2, 0.25) is 0 Å². The zero-order chi connectivity index (χ0) is 12.4. The first kappa shape index (κ1) is 19.8. The summed E-state index contributed by atoms with van der Waals surface area (Å²) in [6, 6.07) is 7.51. The van der Waals surface area contributed by atoms with Crippen LogP contribution in [0, 0.1) is 6.92 Å². The maximum Gasteiger partial charge on any atom is 1.00 e. The molecule has 0 bridgehead atoms. The molecule has 0 fully saturated rings. The third-order valence-electron chi connectivity index (χ3n) is 2.17. The molecule has 1 amide bonds. The van der Waals surface area contributed by atoms with Gasteiger partial charge in [0, 0.05) is 11.3 Å². The molecule has 0 aliphatic rings. The molecule has 0 aliphatic heterocycles. The smallest absolute Gasteiger partial charge is 0.760 e. The summed E-state index contributed by atoms with van der Waals surface area (Å²) in [5, 5.41) is 3.02. The number of nitrogens with zero attached hydrogens (tertiary/aromatic N) is 1. The van der Waals surface area contributed by atoms with Crippen molar-refractivity contribution in [2.75, 3.05) is 5.32 Å². The number of aromatic nitrogens is 1. The Balaban J connectivity index is 0.00000162. The standard InChI is InChI=1S/C11H10N2OS3.2Na/c1-6-2-4-7(5-3-6)12-9(14)8-10(15)13-17-11(8)16;;/h2-5,16H,1H3,(H,12,14)(H,13,15);;/q;2*+1/p-2. The van der Waals surface area contributed by atoms with Gasteiger partial charge < -0.3 is 34.9 Å². The van der Waals surface area contributed by atoms with Crippen LogP contribution in [0.15, 0.2) is 33.5 Å². The van der Waals surface area contributed by atoms with Crippen molar-refractivity contribution in [3.63, 3.8) is 0 Å². The maximum atomic E-state index is 11.9. The predicted octanol–water partition coefficient (Wildman–Crippen LogP) is -3.48. The molecule has 19 heavy (non-hydrogen) atoms. The number of carbonyl (C=O) groups excluding carboxylic acids is 1. The van der Waals surface area contributed by atoms with E-state index in [1.807, 2.05) is 31.2 Å². The molecule has 1 heterocycles. The van der Waals surface area contributed by atoms with Crippen molar-refractivity contribution in [2.45, 2.75) is 16.2 Å². The van der Waals surface area contributed by atoms with E-state index in [-0.39, 0.29) is 70.0 Å². The summed E-state index contributed by atoms with van der Waals surface area (Å²) >= 11 is 11.0.